The molecule has 0 aliphatic carbocycles. The molecule has 0 amide bonds. The van der Waals surface area contributed by atoms with E-state index in [4.69, 9.17) is 0 Å². The molecule has 29 heavy (non-hydrogen) atoms. The number of nitrogens with zero attached hydrogens (tertiary/aromatic N) is 3. The molecule has 0 atom stereocenters. The lowest BCUT2D eigenvalue weighted by atomic mass is 10.1. The summed E-state index contributed by atoms with van der Waals surface area (Å²) < 4.78 is 41.7. The average Bonchev–Trinajstić information content (AvgIpc) is 2.98. The zero-order chi connectivity index (χ0) is 21.2. The fourth-order valence-electron chi connectivity index (χ4n) is 3.15. The number of sulfonamides is 1. The molecule has 7 nitrogen and oxygen atoms in total. The highest BCUT2D eigenvalue weighted by atomic mass is 32.2. The minimum absolute atomic E-state index is 0.0628. The van der Waals surface area contributed by atoms with Crippen molar-refractivity contribution >= 4 is 10.0 Å². The van der Waals surface area contributed by atoms with E-state index in [2.05, 4.69) is 10.1 Å². The van der Waals surface area contributed by atoms with Crippen LogP contribution >= 0.6 is 0 Å². The molecule has 9 heteroatoms. The van der Waals surface area contributed by atoms with E-state index in [1.807, 2.05) is 0 Å². The summed E-state index contributed by atoms with van der Waals surface area (Å²) in [6.07, 6.45) is 1.39. The van der Waals surface area contributed by atoms with E-state index < -0.39 is 10.0 Å². The molecule has 0 aliphatic rings. The van der Waals surface area contributed by atoms with Gasteiger partial charge in [0, 0.05) is 37.0 Å². The van der Waals surface area contributed by atoms with Crippen LogP contribution in [0.2, 0.25) is 0 Å². The van der Waals surface area contributed by atoms with Gasteiger partial charge in [0.15, 0.2) is 5.82 Å². The Morgan fingerprint density at radius 3 is 2.41 bits per heavy atom. The summed E-state index contributed by atoms with van der Waals surface area (Å²) in [6.45, 7) is 5.97. The molecule has 0 bridgehead atoms. The Kier molecular flexibility index (Phi) is 5.99. The molecule has 0 radical (unpaired) electrons. The van der Waals surface area contributed by atoms with Crippen LogP contribution in [-0.4, -0.2) is 40.6 Å². The molecule has 0 aliphatic heterocycles. The average molecular weight is 418 g/mol. The van der Waals surface area contributed by atoms with E-state index in [1.165, 1.54) is 33.4 Å². The van der Waals surface area contributed by atoms with Gasteiger partial charge in [-0.1, -0.05) is 32.0 Å². The van der Waals surface area contributed by atoms with Crippen molar-refractivity contribution in [2.24, 2.45) is 0 Å². The van der Waals surface area contributed by atoms with Crippen LogP contribution in [0.5, 0.6) is 0 Å². The van der Waals surface area contributed by atoms with E-state index in [-0.39, 0.29) is 28.5 Å². The van der Waals surface area contributed by atoms with E-state index in [1.54, 1.807) is 39.0 Å². The van der Waals surface area contributed by atoms with Crippen molar-refractivity contribution in [3.05, 3.63) is 75.6 Å². The van der Waals surface area contributed by atoms with Crippen LogP contribution in [0.3, 0.4) is 0 Å². The Hall–Kier alpha value is -2.78. The van der Waals surface area contributed by atoms with Gasteiger partial charge >= 0.3 is 0 Å². The van der Waals surface area contributed by atoms with E-state index in [0.717, 1.165) is 0 Å². The first-order valence-corrected chi connectivity index (χ1v) is 10.7. The van der Waals surface area contributed by atoms with Crippen LogP contribution in [0.4, 0.5) is 4.39 Å². The second-order valence-corrected chi connectivity index (χ2v) is 8.50. The molecule has 0 spiro atoms. The van der Waals surface area contributed by atoms with E-state index in [0.29, 0.717) is 29.9 Å². The van der Waals surface area contributed by atoms with Crippen LogP contribution in [0.15, 0.2) is 52.3 Å². The summed E-state index contributed by atoms with van der Waals surface area (Å²) in [4.78, 5) is 17.1. The van der Waals surface area contributed by atoms with Crippen molar-refractivity contribution in [3.8, 4) is 5.82 Å². The third kappa shape index (κ3) is 4.01. The number of aryl methyl sites for hydroxylation is 1. The lowest BCUT2D eigenvalue weighted by molar-refractivity contribution is 0.445. The predicted molar refractivity (Wildman–Crippen MR) is 108 cm³/mol. The van der Waals surface area contributed by atoms with E-state index >= 15 is 0 Å². The molecule has 3 rings (SSSR count). The maximum absolute atomic E-state index is 14.0. The van der Waals surface area contributed by atoms with Crippen molar-refractivity contribution in [2.45, 2.75) is 32.1 Å². The standard InChI is InChI=1S/C20H23FN4O3S/c1-4-24(5-2)29(27,28)16-10-11-19(22-13-16)25-20(26)17(14(3)23-25)12-15-8-6-7-9-18(15)21/h6-11,13,23H,4-5,12H2,1-3H3. The monoisotopic (exact) mass is 418 g/mol. The Morgan fingerprint density at radius 1 is 1.14 bits per heavy atom. The van der Waals surface area contributed by atoms with Crippen molar-refractivity contribution < 1.29 is 12.8 Å². The molecule has 2 heterocycles. The number of rotatable bonds is 7. The molecular weight excluding hydrogens is 395 g/mol. The second kappa shape index (κ2) is 8.30. The molecular formula is C20H23FN4O3S. The number of nitrogens with one attached hydrogen (secondary N) is 1. The smallest absolute Gasteiger partial charge is 0.276 e. The fraction of sp³-hybridized carbons (Fsp3) is 0.300. The molecule has 1 aromatic carbocycles. The Morgan fingerprint density at radius 2 is 1.83 bits per heavy atom. The van der Waals surface area contributed by atoms with Crippen LogP contribution in [0.1, 0.15) is 30.7 Å². The van der Waals surface area contributed by atoms with Gasteiger partial charge in [0.1, 0.15) is 10.7 Å². The quantitative estimate of drug-likeness (QED) is 0.639. The number of aromatic nitrogens is 3. The lowest BCUT2D eigenvalue weighted by Crippen LogP contribution is -2.30. The number of pyridine rings is 1. The summed E-state index contributed by atoms with van der Waals surface area (Å²) >= 11 is 0. The van der Waals surface area contributed by atoms with Crippen molar-refractivity contribution in [1.29, 1.82) is 0 Å². The summed E-state index contributed by atoms with van der Waals surface area (Å²) in [5.74, 6) is -0.112. The highest BCUT2D eigenvalue weighted by molar-refractivity contribution is 7.89. The molecule has 1 N–H and O–H groups in total. The van der Waals surface area contributed by atoms with Gasteiger partial charge in [0.25, 0.3) is 5.56 Å². The summed E-state index contributed by atoms with van der Waals surface area (Å²) in [5, 5.41) is 2.93. The van der Waals surface area contributed by atoms with Crippen molar-refractivity contribution in [2.75, 3.05) is 13.1 Å². The highest BCUT2D eigenvalue weighted by Crippen LogP contribution is 2.17. The highest BCUT2D eigenvalue weighted by Gasteiger charge is 2.22. The minimum Gasteiger partial charge on any atom is -0.294 e. The first-order valence-electron chi connectivity index (χ1n) is 9.30. The molecule has 0 saturated carbocycles. The Labute approximate surface area is 168 Å². The topological polar surface area (TPSA) is 88.1 Å². The predicted octanol–water partition coefficient (Wildman–Crippen LogP) is 2.63. The number of hydrogen-bond donors (Lipinski definition) is 1. The van der Waals surface area contributed by atoms with Gasteiger partial charge in [0.05, 0.1) is 0 Å². The first-order chi connectivity index (χ1) is 13.8. The van der Waals surface area contributed by atoms with Crippen LogP contribution < -0.4 is 5.56 Å². The molecule has 0 saturated heterocycles. The zero-order valence-electron chi connectivity index (χ0n) is 16.5. The van der Waals surface area contributed by atoms with Gasteiger partial charge < -0.3 is 0 Å². The number of H-pyrrole nitrogens is 1. The van der Waals surface area contributed by atoms with Gasteiger partial charge in [-0.15, -0.1) is 0 Å². The van der Waals surface area contributed by atoms with Crippen LogP contribution in [0.25, 0.3) is 5.82 Å². The number of halogens is 1. The Balaban J connectivity index is 1.95. The molecule has 154 valence electrons. The number of hydrogen-bond acceptors (Lipinski definition) is 4. The molecule has 0 fully saturated rings. The van der Waals surface area contributed by atoms with Gasteiger partial charge in [-0.05, 0) is 30.7 Å². The minimum atomic E-state index is -3.63. The summed E-state index contributed by atoms with van der Waals surface area (Å²) in [5.41, 5.74) is 1.10. The number of aromatic amines is 1. The summed E-state index contributed by atoms with van der Waals surface area (Å²) in [7, 11) is -3.63. The third-order valence-electron chi connectivity index (χ3n) is 4.81. The zero-order valence-corrected chi connectivity index (χ0v) is 17.3. The summed E-state index contributed by atoms with van der Waals surface area (Å²) in [6, 6.07) is 9.20. The lowest BCUT2D eigenvalue weighted by Gasteiger charge is -2.18. The second-order valence-electron chi connectivity index (χ2n) is 6.57. The number of benzene rings is 1. The van der Waals surface area contributed by atoms with Crippen molar-refractivity contribution in [1.82, 2.24) is 19.1 Å². The maximum Gasteiger partial charge on any atom is 0.276 e. The van der Waals surface area contributed by atoms with Gasteiger partial charge in [-0.25, -0.2) is 22.5 Å². The fourth-order valence-corrected chi connectivity index (χ4v) is 4.56. The largest absolute Gasteiger partial charge is 0.294 e. The van der Waals surface area contributed by atoms with Gasteiger partial charge in [-0.2, -0.15) is 4.31 Å². The van der Waals surface area contributed by atoms with Crippen LogP contribution in [0, 0.1) is 12.7 Å². The maximum atomic E-state index is 14.0. The Bertz CT molecular complexity index is 1160. The third-order valence-corrected chi connectivity index (χ3v) is 6.84. The van der Waals surface area contributed by atoms with Gasteiger partial charge in [-0.3, -0.25) is 9.89 Å². The molecule has 2 aromatic heterocycles. The molecule has 0 unspecified atom stereocenters. The SMILES string of the molecule is CCN(CC)S(=O)(=O)c1ccc(-n2[nH]c(C)c(Cc3ccccc3F)c2=O)nc1. The van der Waals surface area contributed by atoms with Crippen molar-refractivity contribution in [3.63, 3.8) is 0 Å². The first kappa shape index (κ1) is 20.9. The molecule has 3 aromatic rings. The van der Waals surface area contributed by atoms with Gasteiger partial charge in [0.2, 0.25) is 10.0 Å². The normalized spacial score (nSPS) is 11.9. The van der Waals surface area contributed by atoms with E-state index in [9.17, 15) is 17.6 Å². The van der Waals surface area contributed by atoms with Crippen LogP contribution in [-0.2, 0) is 16.4 Å².